The highest BCUT2D eigenvalue weighted by atomic mass is 32.2. The Morgan fingerprint density at radius 3 is 3.18 bits per heavy atom. The Balaban J connectivity index is 2.22. The van der Waals surface area contributed by atoms with E-state index < -0.39 is 0 Å². The van der Waals surface area contributed by atoms with Crippen molar-refractivity contribution in [2.24, 2.45) is 5.73 Å². The summed E-state index contributed by atoms with van der Waals surface area (Å²) in [5.74, 6) is 0.924. The Morgan fingerprint density at radius 2 is 2.47 bits per heavy atom. The SMILES string of the molecule is COCCSc1nc2sccn2c1CC(C)N. The molecule has 2 rings (SSSR count). The van der Waals surface area contributed by atoms with Crippen molar-refractivity contribution in [3.63, 3.8) is 0 Å². The van der Waals surface area contributed by atoms with E-state index in [4.69, 9.17) is 10.5 Å². The van der Waals surface area contributed by atoms with E-state index in [-0.39, 0.29) is 6.04 Å². The first-order chi connectivity index (χ1) is 8.22. The molecule has 0 amide bonds. The minimum atomic E-state index is 0.150. The van der Waals surface area contributed by atoms with E-state index in [0.29, 0.717) is 0 Å². The minimum Gasteiger partial charge on any atom is -0.384 e. The first-order valence-electron chi connectivity index (χ1n) is 5.54. The van der Waals surface area contributed by atoms with Gasteiger partial charge in [-0.2, -0.15) is 0 Å². The number of hydrogen-bond acceptors (Lipinski definition) is 5. The lowest BCUT2D eigenvalue weighted by Gasteiger charge is -2.06. The maximum absolute atomic E-state index is 5.90. The van der Waals surface area contributed by atoms with Gasteiger partial charge in [-0.15, -0.1) is 23.1 Å². The van der Waals surface area contributed by atoms with Gasteiger partial charge in [0.15, 0.2) is 4.96 Å². The van der Waals surface area contributed by atoms with Crippen molar-refractivity contribution in [3.05, 3.63) is 17.3 Å². The van der Waals surface area contributed by atoms with E-state index in [1.165, 1.54) is 5.69 Å². The molecule has 0 saturated heterocycles. The molecule has 2 heterocycles. The lowest BCUT2D eigenvalue weighted by molar-refractivity contribution is 0.218. The number of nitrogens with two attached hydrogens (primary N) is 1. The Hall–Kier alpha value is -0.560. The van der Waals surface area contributed by atoms with Crippen LogP contribution in [-0.2, 0) is 11.2 Å². The fraction of sp³-hybridized carbons (Fsp3) is 0.545. The van der Waals surface area contributed by atoms with Gasteiger partial charge in [-0.1, -0.05) is 0 Å². The molecule has 0 aromatic carbocycles. The average Bonchev–Trinajstić information content (AvgIpc) is 2.82. The molecular weight excluding hydrogens is 254 g/mol. The van der Waals surface area contributed by atoms with Crippen molar-refractivity contribution >= 4 is 28.1 Å². The molecule has 2 N–H and O–H groups in total. The molecule has 4 nitrogen and oxygen atoms in total. The smallest absolute Gasteiger partial charge is 0.194 e. The number of ether oxygens (including phenoxy) is 1. The largest absolute Gasteiger partial charge is 0.384 e. The highest BCUT2D eigenvalue weighted by Crippen LogP contribution is 2.26. The number of imidazole rings is 1. The van der Waals surface area contributed by atoms with Crippen LogP contribution < -0.4 is 5.73 Å². The number of aromatic nitrogens is 2. The summed E-state index contributed by atoms with van der Waals surface area (Å²) in [7, 11) is 1.72. The van der Waals surface area contributed by atoms with E-state index in [1.807, 2.05) is 6.92 Å². The van der Waals surface area contributed by atoms with Crippen LogP contribution in [0.3, 0.4) is 0 Å². The minimum absolute atomic E-state index is 0.150. The van der Waals surface area contributed by atoms with E-state index in [9.17, 15) is 0 Å². The van der Waals surface area contributed by atoms with Crippen molar-refractivity contribution < 1.29 is 4.74 Å². The molecule has 17 heavy (non-hydrogen) atoms. The standard InChI is InChI=1S/C11H17N3OS2/c1-8(12)7-9-10(16-6-4-15-2)13-11-14(9)3-5-17-11/h3,5,8H,4,6-7,12H2,1-2H3. The molecule has 0 spiro atoms. The third kappa shape index (κ3) is 3.01. The lowest BCUT2D eigenvalue weighted by atomic mass is 10.2. The Labute approximate surface area is 109 Å². The lowest BCUT2D eigenvalue weighted by Crippen LogP contribution is -2.19. The zero-order chi connectivity index (χ0) is 12.3. The van der Waals surface area contributed by atoms with Crippen molar-refractivity contribution in [3.8, 4) is 0 Å². The maximum atomic E-state index is 5.90. The van der Waals surface area contributed by atoms with Gasteiger partial charge in [-0.05, 0) is 6.92 Å². The van der Waals surface area contributed by atoms with Gasteiger partial charge in [-0.3, -0.25) is 4.40 Å². The molecule has 0 radical (unpaired) electrons. The van der Waals surface area contributed by atoms with E-state index in [1.54, 1.807) is 30.2 Å². The molecule has 0 bridgehead atoms. The fourth-order valence-corrected chi connectivity index (χ4v) is 3.37. The molecule has 0 saturated carbocycles. The third-order valence-electron chi connectivity index (χ3n) is 2.37. The van der Waals surface area contributed by atoms with Crippen LogP contribution in [0.2, 0.25) is 0 Å². The van der Waals surface area contributed by atoms with Gasteiger partial charge in [0.05, 0.1) is 12.3 Å². The predicted octanol–water partition coefficient (Wildman–Crippen LogP) is 2.02. The third-order valence-corrected chi connectivity index (χ3v) is 4.09. The first-order valence-corrected chi connectivity index (χ1v) is 7.40. The molecule has 1 unspecified atom stereocenters. The van der Waals surface area contributed by atoms with Crippen LogP contribution in [0.15, 0.2) is 16.6 Å². The van der Waals surface area contributed by atoms with Gasteiger partial charge in [-0.25, -0.2) is 4.98 Å². The summed E-state index contributed by atoms with van der Waals surface area (Å²) >= 11 is 3.39. The van der Waals surface area contributed by atoms with Crippen molar-refractivity contribution in [1.29, 1.82) is 0 Å². The van der Waals surface area contributed by atoms with Gasteiger partial charge in [0, 0.05) is 36.9 Å². The van der Waals surface area contributed by atoms with E-state index >= 15 is 0 Å². The van der Waals surface area contributed by atoms with Gasteiger partial charge in [0.1, 0.15) is 5.03 Å². The molecule has 0 fully saturated rings. The number of fused-ring (bicyclic) bond motifs is 1. The molecule has 2 aromatic rings. The molecule has 1 atom stereocenters. The molecule has 0 aliphatic rings. The molecule has 2 aromatic heterocycles. The van der Waals surface area contributed by atoms with Crippen LogP contribution in [0, 0.1) is 0 Å². The van der Waals surface area contributed by atoms with Crippen LogP contribution >= 0.6 is 23.1 Å². The number of nitrogens with zero attached hydrogens (tertiary/aromatic N) is 2. The summed E-state index contributed by atoms with van der Waals surface area (Å²) in [5, 5.41) is 3.14. The quantitative estimate of drug-likeness (QED) is 0.645. The van der Waals surface area contributed by atoms with Crippen molar-refractivity contribution in [2.75, 3.05) is 19.5 Å². The highest BCUT2D eigenvalue weighted by molar-refractivity contribution is 7.99. The van der Waals surface area contributed by atoms with Crippen LogP contribution in [0.4, 0.5) is 0 Å². The van der Waals surface area contributed by atoms with E-state index in [0.717, 1.165) is 28.8 Å². The number of rotatable bonds is 6. The number of hydrogen-bond donors (Lipinski definition) is 1. The number of thioether (sulfide) groups is 1. The van der Waals surface area contributed by atoms with Gasteiger partial charge in [0.2, 0.25) is 0 Å². The molecule has 94 valence electrons. The first kappa shape index (κ1) is 12.9. The molecule has 0 aliphatic carbocycles. The maximum Gasteiger partial charge on any atom is 0.194 e. The van der Waals surface area contributed by atoms with Gasteiger partial charge in [0.25, 0.3) is 0 Å². The molecule has 6 heteroatoms. The van der Waals surface area contributed by atoms with Crippen LogP contribution in [0.5, 0.6) is 0 Å². The second-order valence-electron chi connectivity index (χ2n) is 3.94. The van der Waals surface area contributed by atoms with Gasteiger partial charge >= 0.3 is 0 Å². The summed E-state index contributed by atoms with van der Waals surface area (Å²) < 4.78 is 7.20. The van der Waals surface area contributed by atoms with Crippen molar-refractivity contribution in [1.82, 2.24) is 9.38 Å². The second-order valence-corrected chi connectivity index (χ2v) is 5.90. The fourth-order valence-electron chi connectivity index (χ4n) is 1.64. The van der Waals surface area contributed by atoms with Crippen LogP contribution in [-0.4, -0.2) is 34.9 Å². The normalized spacial score (nSPS) is 13.4. The topological polar surface area (TPSA) is 52.5 Å². The Morgan fingerprint density at radius 1 is 1.65 bits per heavy atom. The Bertz CT molecular complexity index is 478. The average molecular weight is 271 g/mol. The second kappa shape index (κ2) is 5.86. The highest BCUT2D eigenvalue weighted by Gasteiger charge is 2.14. The van der Waals surface area contributed by atoms with Crippen LogP contribution in [0.1, 0.15) is 12.6 Å². The summed E-state index contributed by atoms with van der Waals surface area (Å²) in [6, 6.07) is 0.150. The summed E-state index contributed by atoms with van der Waals surface area (Å²) in [4.78, 5) is 5.67. The number of methoxy groups -OCH3 is 1. The predicted molar refractivity (Wildman–Crippen MR) is 73.0 cm³/mol. The van der Waals surface area contributed by atoms with Crippen molar-refractivity contribution in [2.45, 2.75) is 24.4 Å². The summed E-state index contributed by atoms with van der Waals surface area (Å²) in [5.41, 5.74) is 7.12. The molecule has 0 aliphatic heterocycles. The summed E-state index contributed by atoms with van der Waals surface area (Å²) in [6.45, 7) is 2.77. The van der Waals surface area contributed by atoms with Gasteiger partial charge < -0.3 is 10.5 Å². The molecular formula is C11H17N3OS2. The number of thiazole rings is 1. The van der Waals surface area contributed by atoms with E-state index in [2.05, 4.69) is 21.0 Å². The zero-order valence-corrected chi connectivity index (χ0v) is 11.7. The zero-order valence-electron chi connectivity index (χ0n) is 10.0. The monoisotopic (exact) mass is 271 g/mol. The Kier molecular flexibility index (Phi) is 4.44. The van der Waals surface area contributed by atoms with Crippen LogP contribution in [0.25, 0.3) is 4.96 Å². The summed E-state index contributed by atoms with van der Waals surface area (Å²) in [6.07, 6.45) is 2.91.